The molecule has 0 saturated carbocycles. The van der Waals surface area contributed by atoms with E-state index in [1.807, 2.05) is 0 Å². The Morgan fingerprint density at radius 1 is 0.966 bits per heavy atom. The number of ether oxygens (including phenoxy) is 1. The predicted octanol–water partition coefficient (Wildman–Crippen LogP) is 4.58. The van der Waals surface area contributed by atoms with E-state index in [1.54, 1.807) is 6.92 Å². The Balaban J connectivity index is 2.27. The quantitative estimate of drug-likeness (QED) is 0.629. The number of carbonyl (C=O) groups is 1. The van der Waals surface area contributed by atoms with Crippen LogP contribution in [0.4, 0.5) is 17.6 Å². The van der Waals surface area contributed by atoms with Gasteiger partial charge in [0.1, 0.15) is 11.3 Å². The van der Waals surface area contributed by atoms with Crippen LogP contribution in [0, 0.1) is 23.3 Å². The Labute approximate surface area is 161 Å². The summed E-state index contributed by atoms with van der Waals surface area (Å²) in [6.45, 7) is 1.66. The van der Waals surface area contributed by atoms with Gasteiger partial charge in [0.2, 0.25) is 11.3 Å². The molecule has 0 amide bonds. The number of pyridine rings is 1. The van der Waals surface area contributed by atoms with Crippen molar-refractivity contribution in [3.63, 3.8) is 0 Å². The average molecular weight is 407 g/mol. The Morgan fingerprint density at radius 3 is 2.14 bits per heavy atom. The van der Waals surface area contributed by atoms with Crippen molar-refractivity contribution < 1.29 is 32.2 Å². The van der Waals surface area contributed by atoms with Crippen molar-refractivity contribution in [2.45, 2.75) is 13.5 Å². The van der Waals surface area contributed by atoms with Crippen molar-refractivity contribution in [3.05, 3.63) is 81.5 Å². The van der Waals surface area contributed by atoms with E-state index in [0.29, 0.717) is 0 Å². The number of nitrogens with zero attached hydrogens (tertiary/aromatic N) is 1. The number of halogens is 4. The van der Waals surface area contributed by atoms with Gasteiger partial charge in [0, 0.05) is 24.2 Å². The molecule has 3 rings (SSSR count). The van der Waals surface area contributed by atoms with E-state index in [-0.39, 0.29) is 29.4 Å². The summed E-state index contributed by atoms with van der Waals surface area (Å²) < 4.78 is 60.4. The molecule has 0 radical (unpaired) electrons. The highest BCUT2D eigenvalue weighted by molar-refractivity contribution is 5.95. The zero-order chi connectivity index (χ0) is 21.3. The summed E-state index contributed by atoms with van der Waals surface area (Å²) >= 11 is 0. The zero-order valence-corrected chi connectivity index (χ0v) is 14.9. The highest BCUT2D eigenvalue weighted by atomic mass is 19.2. The number of benzene rings is 2. The van der Waals surface area contributed by atoms with Crippen LogP contribution in [0.1, 0.15) is 17.3 Å². The normalized spacial score (nSPS) is 10.8. The van der Waals surface area contributed by atoms with E-state index in [1.165, 1.54) is 4.57 Å². The minimum Gasteiger partial charge on any atom is -0.477 e. The van der Waals surface area contributed by atoms with E-state index in [2.05, 4.69) is 0 Å². The summed E-state index contributed by atoms with van der Waals surface area (Å²) in [6, 6.07) is 6.23. The third-order valence-corrected chi connectivity index (χ3v) is 4.11. The van der Waals surface area contributed by atoms with Crippen LogP contribution < -0.4 is 10.2 Å². The lowest BCUT2D eigenvalue weighted by atomic mass is 10.0. The summed E-state index contributed by atoms with van der Waals surface area (Å²) in [7, 11) is 0. The van der Waals surface area contributed by atoms with Crippen molar-refractivity contribution in [3.8, 4) is 22.9 Å². The van der Waals surface area contributed by atoms with Crippen LogP contribution in [0.2, 0.25) is 0 Å². The standard InChI is InChI=1S/C20H13F4NO4/c1-2-25-17(29-11-4-6-13(22)15(24)8-11)9-16(26)18(20(27)28)19(25)10-3-5-12(21)14(23)7-10/h3-9H,2H2,1H3,(H,27,28). The molecule has 0 bridgehead atoms. The van der Waals surface area contributed by atoms with Crippen LogP contribution in [-0.4, -0.2) is 15.6 Å². The summed E-state index contributed by atoms with van der Waals surface area (Å²) in [5.74, 6) is -6.58. The lowest BCUT2D eigenvalue weighted by Crippen LogP contribution is -2.21. The molecule has 1 N–H and O–H groups in total. The van der Waals surface area contributed by atoms with Gasteiger partial charge in [0.15, 0.2) is 23.3 Å². The van der Waals surface area contributed by atoms with Crippen LogP contribution in [0.15, 0.2) is 47.3 Å². The predicted molar refractivity (Wildman–Crippen MR) is 95.1 cm³/mol. The maximum Gasteiger partial charge on any atom is 0.341 e. The third kappa shape index (κ3) is 3.84. The summed E-state index contributed by atoms with van der Waals surface area (Å²) in [5.41, 5.74) is -1.92. The van der Waals surface area contributed by atoms with E-state index in [4.69, 9.17) is 4.74 Å². The summed E-state index contributed by atoms with van der Waals surface area (Å²) in [4.78, 5) is 24.1. The molecular weight excluding hydrogens is 394 g/mol. The average Bonchev–Trinajstić information content (AvgIpc) is 2.66. The highest BCUT2D eigenvalue weighted by Crippen LogP contribution is 2.30. The van der Waals surface area contributed by atoms with Gasteiger partial charge in [0.25, 0.3) is 0 Å². The molecule has 0 unspecified atom stereocenters. The monoisotopic (exact) mass is 407 g/mol. The number of rotatable bonds is 5. The smallest absolute Gasteiger partial charge is 0.341 e. The van der Waals surface area contributed by atoms with Crippen LogP contribution >= 0.6 is 0 Å². The molecule has 150 valence electrons. The molecule has 0 aliphatic rings. The Bertz CT molecular complexity index is 1170. The first kappa shape index (κ1) is 20.1. The highest BCUT2D eigenvalue weighted by Gasteiger charge is 2.23. The first-order valence-electron chi connectivity index (χ1n) is 8.32. The van der Waals surface area contributed by atoms with Gasteiger partial charge >= 0.3 is 5.97 Å². The molecule has 0 saturated heterocycles. The maximum absolute atomic E-state index is 13.7. The van der Waals surface area contributed by atoms with Crippen LogP contribution in [-0.2, 0) is 6.54 Å². The van der Waals surface area contributed by atoms with E-state index in [0.717, 1.165) is 42.5 Å². The largest absolute Gasteiger partial charge is 0.477 e. The van der Waals surface area contributed by atoms with Gasteiger partial charge in [-0.15, -0.1) is 0 Å². The number of carboxylic acid groups (broad SMARTS) is 1. The Hall–Kier alpha value is -3.62. The van der Waals surface area contributed by atoms with E-state index < -0.39 is 40.2 Å². The molecule has 0 atom stereocenters. The number of aromatic carboxylic acids is 1. The van der Waals surface area contributed by atoms with E-state index in [9.17, 15) is 32.3 Å². The molecule has 2 aromatic carbocycles. The minimum atomic E-state index is -1.57. The summed E-state index contributed by atoms with van der Waals surface area (Å²) in [6.07, 6.45) is 0. The van der Waals surface area contributed by atoms with Gasteiger partial charge in [-0.3, -0.25) is 4.79 Å². The molecule has 1 heterocycles. The molecular formula is C20H13F4NO4. The lowest BCUT2D eigenvalue weighted by Gasteiger charge is -2.19. The maximum atomic E-state index is 13.7. The number of hydrogen-bond donors (Lipinski definition) is 1. The van der Waals surface area contributed by atoms with Crippen molar-refractivity contribution in [1.29, 1.82) is 0 Å². The minimum absolute atomic E-state index is 0.0634. The second-order valence-electron chi connectivity index (χ2n) is 5.93. The number of aromatic nitrogens is 1. The van der Waals surface area contributed by atoms with Crippen molar-refractivity contribution in [2.75, 3.05) is 0 Å². The van der Waals surface area contributed by atoms with Crippen molar-refractivity contribution in [1.82, 2.24) is 4.57 Å². The fourth-order valence-electron chi connectivity index (χ4n) is 2.83. The van der Waals surface area contributed by atoms with Gasteiger partial charge in [-0.2, -0.15) is 0 Å². The number of carboxylic acids is 1. The number of hydrogen-bond acceptors (Lipinski definition) is 3. The first-order valence-corrected chi connectivity index (χ1v) is 8.32. The SMILES string of the molecule is CCn1c(Oc2ccc(F)c(F)c2)cc(=O)c(C(=O)O)c1-c1ccc(F)c(F)c1. The van der Waals surface area contributed by atoms with Gasteiger partial charge in [-0.1, -0.05) is 0 Å². The van der Waals surface area contributed by atoms with Crippen molar-refractivity contribution in [2.24, 2.45) is 0 Å². The van der Waals surface area contributed by atoms with Crippen molar-refractivity contribution >= 4 is 5.97 Å². The van der Waals surface area contributed by atoms with Gasteiger partial charge in [-0.05, 0) is 37.3 Å². The van der Waals surface area contributed by atoms with Gasteiger partial charge < -0.3 is 14.4 Å². The van der Waals surface area contributed by atoms with Crippen LogP contribution in [0.25, 0.3) is 11.3 Å². The molecule has 1 aromatic heterocycles. The summed E-state index contributed by atoms with van der Waals surface area (Å²) in [5, 5.41) is 9.49. The van der Waals surface area contributed by atoms with Gasteiger partial charge in [0.05, 0.1) is 5.69 Å². The fraction of sp³-hybridized carbons (Fsp3) is 0.100. The van der Waals surface area contributed by atoms with Gasteiger partial charge in [-0.25, -0.2) is 22.4 Å². The lowest BCUT2D eigenvalue weighted by molar-refractivity contribution is 0.0695. The Kier molecular flexibility index (Phi) is 5.40. The fourth-order valence-corrected chi connectivity index (χ4v) is 2.83. The molecule has 0 spiro atoms. The molecule has 3 aromatic rings. The second-order valence-corrected chi connectivity index (χ2v) is 5.93. The second kappa shape index (κ2) is 7.78. The third-order valence-electron chi connectivity index (χ3n) is 4.11. The molecule has 5 nitrogen and oxygen atoms in total. The molecule has 29 heavy (non-hydrogen) atoms. The van der Waals surface area contributed by atoms with Crippen LogP contribution in [0.3, 0.4) is 0 Å². The molecule has 0 aliphatic heterocycles. The first-order chi connectivity index (χ1) is 13.7. The van der Waals surface area contributed by atoms with Crippen LogP contribution in [0.5, 0.6) is 11.6 Å². The molecule has 0 fully saturated rings. The molecule has 9 heteroatoms. The topological polar surface area (TPSA) is 68.5 Å². The Morgan fingerprint density at radius 2 is 1.59 bits per heavy atom. The molecule has 0 aliphatic carbocycles. The zero-order valence-electron chi connectivity index (χ0n) is 14.9. The van der Waals surface area contributed by atoms with E-state index >= 15 is 0 Å².